The summed E-state index contributed by atoms with van der Waals surface area (Å²) < 4.78 is 0. The van der Waals surface area contributed by atoms with Gasteiger partial charge in [0.2, 0.25) is 0 Å². The van der Waals surface area contributed by atoms with Gasteiger partial charge in [-0.15, -0.1) is 11.6 Å². The maximum Gasteiger partial charge on any atom is 0.314 e. The molecule has 0 aliphatic carbocycles. The first kappa shape index (κ1) is 13.9. The number of halogens is 2. The predicted molar refractivity (Wildman–Crippen MR) is 84.3 cm³/mol. The minimum absolute atomic E-state index is 0.400. The maximum atomic E-state index is 11.4. The second kappa shape index (κ2) is 5.39. The zero-order valence-electron chi connectivity index (χ0n) is 10.7. The Morgan fingerprint density at radius 2 is 1.52 bits per heavy atom. The molecular weight excluding hydrogens is 311 g/mol. The van der Waals surface area contributed by atoms with Crippen LogP contribution in [0.5, 0.6) is 0 Å². The van der Waals surface area contributed by atoms with Crippen LogP contribution in [0.3, 0.4) is 0 Å². The third-order valence-corrected chi connectivity index (χ3v) is 3.92. The van der Waals surface area contributed by atoms with Gasteiger partial charge in [-0.3, -0.25) is 9.59 Å². The number of alkyl halides is 1. The van der Waals surface area contributed by atoms with Crippen molar-refractivity contribution >= 4 is 34.2 Å². The lowest BCUT2D eigenvalue weighted by Crippen LogP contribution is -2.28. The molecule has 0 saturated carbocycles. The number of hydrogen-bond donors (Lipinski definition) is 2. The molecule has 2 N–H and O–H groups in total. The summed E-state index contributed by atoms with van der Waals surface area (Å²) in [6.45, 7) is 0. The van der Waals surface area contributed by atoms with Gasteiger partial charge in [-0.1, -0.05) is 29.8 Å². The highest BCUT2D eigenvalue weighted by Crippen LogP contribution is 2.31. The first-order valence-corrected chi connectivity index (χ1v) is 7.02. The van der Waals surface area contributed by atoms with Crippen molar-refractivity contribution in [2.45, 2.75) is 5.38 Å². The third kappa shape index (κ3) is 2.73. The van der Waals surface area contributed by atoms with Gasteiger partial charge in [0.1, 0.15) is 0 Å². The molecule has 0 saturated heterocycles. The fourth-order valence-electron chi connectivity index (χ4n) is 2.15. The van der Waals surface area contributed by atoms with Gasteiger partial charge in [-0.05, 0) is 35.4 Å². The number of nitrogens with one attached hydrogen (secondary N) is 2. The number of benzene rings is 2. The zero-order valence-corrected chi connectivity index (χ0v) is 12.2. The molecule has 0 fully saturated rings. The van der Waals surface area contributed by atoms with Gasteiger partial charge in [0.15, 0.2) is 0 Å². The van der Waals surface area contributed by atoms with E-state index < -0.39 is 16.5 Å². The number of hydrogen-bond acceptors (Lipinski definition) is 2. The molecule has 0 spiro atoms. The molecule has 1 aromatic heterocycles. The predicted octanol–water partition coefficient (Wildman–Crippen LogP) is 3.20. The molecule has 0 bridgehead atoms. The van der Waals surface area contributed by atoms with E-state index in [1.54, 1.807) is 30.3 Å². The van der Waals surface area contributed by atoms with Gasteiger partial charge >= 0.3 is 11.1 Å². The van der Waals surface area contributed by atoms with Crippen LogP contribution in [0.25, 0.3) is 11.0 Å². The van der Waals surface area contributed by atoms with E-state index in [2.05, 4.69) is 9.97 Å². The van der Waals surface area contributed by atoms with Crippen molar-refractivity contribution in [2.75, 3.05) is 0 Å². The first-order valence-electron chi connectivity index (χ1n) is 6.20. The van der Waals surface area contributed by atoms with Crippen LogP contribution in [0.4, 0.5) is 0 Å². The molecule has 0 aliphatic rings. The SMILES string of the molecule is O=c1[nH]c2ccc(C(Cl)c3cccc(Cl)c3)cc2[nH]c1=O. The van der Waals surface area contributed by atoms with Crippen LogP contribution < -0.4 is 11.1 Å². The molecule has 3 rings (SSSR count). The maximum absolute atomic E-state index is 11.4. The summed E-state index contributed by atoms with van der Waals surface area (Å²) in [5.41, 5.74) is 1.38. The number of H-pyrrole nitrogens is 2. The molecule has 0 radical (unpaired) electrons. The minimum atomic E-state index is -0.687. The number of fused-ring (bicyclic) bond motifs is 1. The van der Waals surface area contributed by atoms with E-state index in [0.717, 1.165) is 11.1 Å². The number of rotatable bonds is 2. The molecule has 0 amide bonds. The summed E-state index contributed by atoms with van der Waals surface area (Å²) >= 11 is 12.4. The summed E-state index contributed by atoms with van der Waals surface area (Å²) in [4.78, 5) is 27.7. The molecule has 1 atom stereocenters. The van der Waals surface area contributed by atoms with E-state index in [1.807, 2.05) is 12.1 Å². The molecule has 106 valence electrons. The highest BCUT2D eigenvalue weighted by Gasteiger charge is 2.12. The molecule has 1 heterocycles. The highest BCUT2D eigenvalue weighted by molar-refractivity contribution is 6.30. The van der Waals surface area contributed by atoms with E-state index in [4.69, 9.17) is 23.2 Å². The Bertz CT molecular complexity index is 931. The topological polar surface area (TPSA) is 65.7 Å². The zero-order chi connectivity index (χ0) is 15.0. The summed E-state index contributed by atoms with van der Waals surface area (Å²) in [5, 5.41) is 0.209. The van der Waals surface area contributed by atoms with Crippen LogP contribution in [0.1, 0.15) is 16.5 Å². The molecule has 1 unspecified atom stereocenters. The first-order chi connectivity index (χ1) is 10.0. The molecule has 4 nitrogen and oxygen atoms in total. The third-order valence-electron chi connectivity index (χ3n) is 3.18. The van der Waals surface area contributed by atoms with Gasteiger partial charge in [-0.2, -0.15) is 0 Å². The van der Waals surface area contributed by atoms with E-state index in [0.29, 0.717) is 16.1 Å². The van der Waals surface area contributed by atoms with Crippen molar-refractivity contribution in [3.05, 3.63) is 79.3 Å². The van der Waals surface area contributed by atoms with Crippen LogP contribution in [0, 0.1) is 0 Å². The number of aromatic amines is 2. The Hall–Kier alpha value is -2.04. The summed E-state index contributed by atoms with van der Waals surface area (Å²) in [7, 11) is 0. The second-order valence-corrected chi connectivity index (χ2v) is 5.50. The van der Waals surface area contributed by atoms with Crippen molar-refractivity contribution < 1.29 is 0 Å². The Balaban J connectivity index is 2.10. The van der Waals surface area contributed by atoms with Crippen LogP contribution >= 0.6 is 23.2 Å². The Morgan fingerprint density at radius 1 is 0.857 bits per heavy atom. The van der Waals surface area contributed by atoms with Crippen LogP contribution in [0.15, 0.2) is 52.1 Å². The average Bonchev–Trinajstić information content (AvgIpc) is 2.47. The molecule has 6 heteroatoms. The minimum Gasteiger partial charge on any atom is -0.316 e. The van der Waals surface area contributed by atoms with Gasteiger partial charge < -0.3 is 9.97 Å². The van der Waals surface area contributed by atoms with Gasteiger partial charge in [-0.25, -0.2) is 0 Å². The van der Waals surface area contributed by atoms with Crippen molar-refractivity contribution in [3.63, 3.8) is 0 Å². The summed E-state index contributed by atoms with van der Waals surface area (Å²) in [6.07, 6.45) is 0. The fourth-order valence-corrected chi connectivity index (χ4v) is 2.62. The van der Waals surface area contributed by atoms with E-state index in [-0.39, 0.29) is 0 Å². The van der Waals surface area contributed by atoms with Crippen molar-refractivity contribution in [3.8, 4) is 0 Å². The Morgan fingerprint density at radius 3 is 2.24 bits per heavy atom. The molecular formula is C15H10Cl2N2O2. The Kier molecular flexibility index (Phi) is 3.57. The monoisotopic (exact) mass is 320 g/mol. The Labute approximate surface area is 129 Å². The van der Waals surface area contributed by atoms with Crippen molar-refractivity contribution in [1.29, 1.82) is 0 Å². The fraction of sp³-hybridized carbons (Fsp3) is 0.0667. The normalized spacial score (nSPS) is 12.5. The average molecular weight is 321 g/mol. The van der Waals surface area contributed by atoms with E-state index in [9.17, 15) is 9.59 Å². The van der Waals surface area contributed by atoms with Crippen molar-refractivity contribution in [2.24, 2.45) is 0 Å². The van der Waals surface area contributed by atoms with Gasteiger partial charge in [0.05, 0.1) is 16.4 Å². The lowest BCUT2D eigenvalue weighted by molar-refractivity contribution is 1.11. The van der Waals surface area contributed by atoms with E-state index >= 15 is 0 Å². The molecule has 21 heavy (non-hydrogen) atoms. The molecule has 3 aromatic rings. The highest BCUT2D eigenvalue weighted by atomic mass is 35.5. The van der Waals surface area contributed by atoms with Crippen molar-refractivity contribution in [1.82, 2.24) is 9.97 Å². The molecule has 2 aromatic carbocycles. The lowest BCUT2D eigenvalue weighted by Gasteiger charge is -2.11. The van der Waals surface area contributed by atoms with Gasteiger partial charge in [0, 0.05) is 5.02 Å². The van der Waals surface area contributed by atoms with Crippen LogP contribution in [0.2, 0.25) is 5.02 Å². The summed E-state index contributed by atoms with van der Waals surface area (Å²) in [6, 6.07) is 12.5. The summed E-state index contributed by atoms with van der Waals surface area (Å²) in [5.74, 6) is 0. The quantitative estimate of drug-likeness (QED) is 0.562. The lowest BCUT2D eigenvalue weighted by atomic mass is 10.0. The van der Waals surface area contributed by atoms with E-state index in [1.165, 1.54) is 0 Å². The smallest absolute Gasteiger partial charge is 0.314 e. The van der Waals surface area contributed by atoms with Gasteiger partial charge in [0.25, 0.3) is 0 Å². The van der Waals surface area contributed by atoms with Crippen LogP contribution in [-0.2, 0) is 0 Å². The standard InChI is InChI=1S/C15H10Cl2N2O2/c16-10-3-1-2-8(6-10)13(17)9-4-5-11-12(7-9)19-15(21)14(20)18-11/h1-7,13H,(H,18,20)(H,19,21). The van der Waals surface area contributed by atoms with Crippen LogP contribution in [-0.4, -0.2) is 9.97 Å². The second-order valence-electron chi connectivity index (χ2n) is 4.63. The molecule has 0 aliphatic heterocycles. The number of aromatic nitrogens is 2. The largest absolute Gasteiger partial charge is 0.316 e.